The molecule has 6 heteroatoms. The molecule has 2 nitrogen and oxygen atoms in total. The van der Waals surface area contributed by atoms with E-state index in [1.807, 2.05) is 0 Å². The molecule has 0 amide bonds. The summed E-state index contributed by atoms with van der Waals surface area (Å²) in [7, 11) is 0.126. The van der Waals surface area contributed by atoms with Crippen LogP contribution in [0.3, 0.4) is 0 Å². The molecule has 0 bridgehead atoms. The Kier molecular flexibility index (Phi) is 2.26. The minimum absolute atomic E-state index is 0.0417. The number of hydrogen-bond donors (Lipinski definition) is 1. The second-order valence-electron chi connectivity index (χ2n) is 2.62. The summed E-state index contributed by atoms with van der Waals surface area (Å²) in [6, 6.07) is 0. The molecule has 0 radical (unpaired) electrons. The molecule has 1 rings (SSSR count). The highest BCUT2D eigenvalue weighted by molar-refractivity contribution is 5.98. The molecule has 1 aliphatic heterocycles. The zero-order valence-corrected chi connectivity index (χ0v) is 8.16. The lowest BCUT2D eigenvalue weighted by Crippen LogP contribution is -2.48. The largest absolute Gasteiger partial charge is 0.417 e. The van der Waals surface area contributed by atoms with Crippen LogP contribution in [0, 0.1) is 0 Å². The molecule has 1 N–H and O–H groups in total. The van der Waals surface area contributed by atoms with Gasteiger partial charge in [0.05, 0.1) is 0 Å². The van der Waals surface area contributed by atoms with Gasteiger partial charge in [0.1, 0.15) is 10.5 Å². The van der Waals surface area contributed by atoms with Crippen LogP contribution in [0.25, 0.3) is 0 Å². The van der Waals surface area contributed by atoms with Crippen molar-refractivity contribution in [2.24, 2.45) is 0 Å². The highest BCUT2D eigenvalue weighted by Gasteiger charge is 2.56. The van der Waals surface area contributed by atoms with E-state index < -0.39 is 11.8 Å². The molecule has 1 heterocycles. The van der Waals surface area contributed by atoms with Crippen molar-refractivity contribution < 1.29 is 17.6 Å². The van der Waals surface area contributed by atoms with Gasteiger partial charge in [0.15, 0.2) is 5.60 Å². The summed E-state index contributed by atoms with van der Waals surface area (Å²) in [4.78, 5) is 0. The molecule has 0 saturated carbocycles. The molecule has 0 spiro atoms. The van der Waals surface area contributed by atoms with E-state index >= 15 is 0 Å². The predicted molar refractivity (Wildman–Crippen MR) is 37.3 cm³/mol. The molecule has 1 atom stereocenters. The van der Waals surface area contributed by atoms with Gasteiger partial charge in [-0.1, -0.05) is 0 Å². The van der Waals surface area contributed by atoms with Gasteiger partial charge in [-0.05, 0) is 13.0 Å². The number of rotatable bonds is 1. The van der Waals surface area contributed by atoms with Crippen molar-refractivity contribution in [3.8, 4) is 0 Å². The van der Waals surface area contributed by atoms with Crippen LogP contribution in [0.5, 0.6) is 0 Å². The van der Waals surface area contributed by atoms with E-state index in [2.05, 4.69) is 9.74 Å². The van der Waals surface area contributed by atoms with Crippen molar-refractivity contribution in [1.29, 1.82) is 0 Å². The van der Waals surface area contributed by atoms with Crippen molar-refractivity contribution in [2.75, 3.05) is 13.1 Å². The second-order valence-corrected chi connectivity index (χ2v) is 3.03. The summed E-state index contributed by atoms with van der Waals surface area (Å²) in [6.45, 7) is 0.293. The van der Waals surface area contributed by atoms with Gasteiger partial charge in [-0.15, -0.1) is 0 Å². The lowest BCUT2D eigenvalue weighted by molar-refractivity contribution is -0.239. The molecule has 1 aliphatic rings. The molecular weight excluding hydrogens is 175 g/mol. The maximum Gasteiger partial charge on any atom is 0.417 e. The fourth-order valence-electron chi connectivity index (χ4n) is 1.20. The predicted octanol–water partition coefficient (Wildman–Crippen LogP) is -0.422. The summed E-state index contributed by atoms with van der Waals surface area (Å²) in [5.74, 6) is 0. The van der Waals surface area contributed by atoms with Gasteiger partial charge in [0.25, 0.3) is 0 Å². The highest BCUT2D eigenvalue weighted by Crippen LogP contribution is 2.37. The molecule has 1 unspecified atom stereocenters. The van der Waals surface area contributed by atoms with E-state index in [0.29, 0.717) is 6.54 Å². The van der Waals surface area contributed by atoms with E-state index in [4.69, 9.17) is 0 Å². The van der Waals surface area contributed by atoms with Crippen LogP contribution < -0.4 is 5.32 Å². The Morgan fingerprint density at radius 3 is 2.27 bits per heavy atom. The normalized spacial score (nSPS) is 33.0. The fourth-order valence-corrected chi connectivity index (χ4v) is 1.78. The Labute approximate surface area is 65.6 Å². The van der Waals surface area contributed by atoms with Crippen molar-refractivity contribution >= 4 is 10.5 Å². The highest BCUT2D eigenvalue weighted by atomic mass is 28.2. The van der Waals surface area contributed by atoms with Gasteiger partial charge >= 0.3 is 6.18 Å². The Bertz CT molecular complexity index is 143. The monoisotopic (exact) mass is 185 g/mol. The van der Waals surface area contributed by atoms with Crippen LogP contribution in [-0.2, 0) is 4.43 Å². The van der Waals surface area contributed by atoms with Crippen LogP contribution in [0.1, 0.15) is 6.42 Å². The third kappa shape index (κ3) is 1.42. The van der Waals surface area contributed by atoms with Gasteiger partial charge in [-0.2, -0.15) is 13.2 Å². The standard InChI is InChI=1S/C5H10F3NOSi/c6-5(7,8)4(10-11)1-2-9-3-4/h9H,1-3H2,11H3. The number of alkyl halides is 3. The maximum absolute atomic E-state index is 12.3. The zero-order chi connectivity index (χ0) is 8.54. The van der Waals surface area contributed by atoms with Crippen LogP contribution >= 0.6 is 0 Å². The second kappa shape index (κ2) is 2.76. The summed E-state index contributed by atoms with van der Waals surface area (Å²) in [5, 5.41) is 2.65. The van der Waals surface area contributed by atoms with Crippen molar-refractivity contribution in [3.05, 3.63) is 0 Å². The number of nitrogens with one attached hydrogen (secondary N) is 1. The third-order valence-electron chi connectivity index (χ3n) is 2.02. The molecule has 11 heavy (non-hydrogen) atoms. The van der Waals surface area contributed by atoms with E-state index in [1.54, 1.807) is 0 Å². The molecule has 1 saturated heterocycles. The topological polar surface area (TPSA) is 21.3 Å². The van der Waals surface area contributed by atoms with E-state index in [0.717, 1.165) is 0 Å². The van der Waals surface area contributed by atoms with E-state index in [-0.39, 0.29) is 23.5 Å². The lowest BCUT2D eigenvalue weighted by atomic mass is 10.0. The fraction of sp³-hybridized carbons (Fsp3) is 1.00. The smallest absolute Gasteiger partial charge is 0.413 e. The third-order valence-corrected chi connectivity index (χ3v) is 2.81. The van der Waals surface area contributed by atoms with E-state index in [9.17, 15) is 13.2 Å². The van der Waals surface area contributed by atoms with Gasteiger partial charge in [-0.25, -0.2) is 0 Å². The molecule has 0 aromatic heterocycles. The van der Waals surface area contributed by atoms with Crippen LogP contribution in [-0.4, -0.2) is 35.4 Å². The Morgan fingerprint density at radius 1 is 1.45 bits per heavy atom. The number of hydrogen-bond acceptors (Lipinski definition) is 2. The van der Waals surface area contributed by atoms with Gasteiger partial charge in [0, 0.05) is 6.54 Å². The first-order chi connectivity index (χ1) is 5.02. The minimum atomic E-state index is -4.22. The average Bonchev–Trinajstić information content (AvgIpc) is 2.33. The minimum Gasteiger partial charge on any atom is -0.413 e. The first kappa shape index (κ1) is 9.02. The van der Waals surface area contributed by atoms with Crippen molar-refractivity contribution in [3.63, 3.8) is 0 Å². The summed E-state index contributed by atoms with van der Waals surface area (Å²) >= 11 is 0. The molecule has 66 valence electrons. The van der Waals surface area contributed by atoms with E-state index in [1.165, 1.54) is 0 Å². The summed E-state index contributed by atoms with van der Waals surface area (Å²) in [5.41, 5.74) is -1.88. The number of halogens is 3. The lowest BCUT2D eigenvalue weighted by Gasteiger charge is -2.29. The Morgan fingerprint density at radius 2 is 2.09 bits per heavy atom. The van der Waals surface area contributed by atoms with Gasteiger partial charge < -0.3 is 9.74 Å². The molecule has 1 fully saturated rings. The van der Waals surface area contributed by atoms with Crippen LogP contribution in [0.4, 0.5) is 13.2 Å². The maximum atomic E-state index is 12.3. The first-order valence-electron chi connectivity index (χ1n) is 3.34. The molecule has 0 aromatic rings. The quantitative estimate of drug-likeness (QED) is 0.560. The summed E-state index contributed by atoms with van der Waals surface area (Å²) in [6.07, 6.45) is -4.18. The molecular formula is C5H10F3NOSi. The Hall–Kier alpha value is -0.0731. The Balaban J connectivity index is 2.75. The van der Waals surface area contributed by atoms with Gasteiger partial charge in [0.2, 0.25) is 0 Å². The molecule has 0 aromatic carbocycles. The van der Waals surface area contributed by atoms with Gasteiger partial charge in [-0.3, -0.25) is 0 Å². The van der Waals surface area contributed by atoms with Crippen molar-refractivity contribution in [2.45, 2.75) is 18.2 Å². The van der Waals surface area contributed by atoms with Crippen LogP contribution in [0.15, 0.2) is 0 Å². The van der Waals surface area contributed by atoms with Crippen molar-refractivity contribution in [1.82, 2.24) is 5.32 Å². The SMILES string of the molecule is FC(F)(F)C1(O[SiH3])CCNC1. The first-order valence-corrected chi connectivity index (χ1v) is 4.16. The summed E-state index contributed by atoms with van der Waals surface area (Å²) < 4.78 is 41.4. The molecule has 0 aliphatic carbocycles. The zero-order valence-electron chi connectivity index (χ0n) is 6.16. The average molecular weight is 185 g/mol. The van der Waals surface area contributed by atoms with Crippen LogP contribution in [0.2, 0.25) is 0 Å².